The number of anilines is 2. The van der Waals surface area contributed by atoms with E-state index in [1.165, 1.54) is 18.3 Å². The van der Waals surface area contributed by atoms with Gasteiger partial charge in [0.15, 0.2) is 15.7 Å². The lowest BCUT2D eigenvalue weighted by Crippen LogP contribution is -2.04. The molecular formula is C17H13ClN4O2S. The zero-order valence-electron chi connectivity index (χ0n) is 13.1. The molecule has 1 N–H and O–H groups in total. The largest absolute Gasteiger partial charge is 0.339 e. The number of sulfone groups is 1. The molecule has 1 heterocycles. The van der Waals surface area contributed by atoms with Gasteiger partial charge in [0.25, 0.3) is 0 Å². The van der Waals surface area contributed by atoms with Crippen LogP contribution in [0.4, 0.5) is 11.5 Å². The van der Waals surface area contributed by atoms with Crippen molar-refractivity contribution in [3.05, 3.63) is 65.3 Å². The van der Waals surface area contributed by atoms with Gasteiger partial charge in [0.05, 0.1) is 16.8 Å². The van der Waals surface area contributed by atoms with Gasteiger partial charge >= 0.3 is 0 Å². The second kappa shape index (κ2) is 6.59. The van der Waals surface area contributed by atoms with Gasteiger partial charge < -0.3 is 5.32 Å². The molecule has 0 aliphatic rings. The predicted molar refractivity (Wildman–Crippen MR) is 96.1 cm³/mol. The van der Waals surface area contributed by atoms with E-state index in [1.807, 2.05) is 0 Å². The van der Waals surface area contributed by atoms with Crippen LogP contribution in [0.5, 0.6) is 0 Å². The van der Waals surface area contributed by atoms with Crippen LogP contribution in [0.25, 0.3) is 5.69 Å². The van der Waals surface area contributed by atoms with Gasteiger partial charge in [0.2, 0.25) is 0 Å². The Balaban J connectivity index is 1.98. The minimum absolute atomic E-state index is 0.227. The molecule has 1 aromatic heterocycles. The monoisotopic (exact) mass is 372 g/mol. The van der Waals surface area contributed by atoms with E-state index in [2.05, 4.69) is 16.5 Å². The Morgan fingerprint density at radius 3 is 2.32 bits per heavy atom. The van der Waals surface area contributed by atoms with Crippen molar-refractivity contribution >= 4 is 32.9 Å². The minimum Gasteiger partial charge on any atom is -0.339 e. The summed E-state index contributed by atoms with van der Waals surface area (Å²) in [7, 11) is -3.26. The summed E-state index contributed by atoms with van der Waals surface area (Å²) in [5.41, 5.74) is 1.74. The number of hydrogen-bond donors (Lipinski definition) is 1. The summed E-state index contributed by atoms with van der Waals surface area (Å²) in [6.45, 7) is 0. The zero-order valence-corrected chi connectivity index (χ0v) is 14.7. The van der Waals surface area contributed by atoms with Crippen LogP contribution in [-0.4, -0.2) is 24.5 Å². The van der Waals surface area contributed by atoms with Crippen molar-refractivity contribution in [2.45, 2.75) is 4.90 Å². The molecule has 0 saturated carbocycles. The van der Waals surface area contributed by atoms with E-state index in [-0.39, 0.29) is 4.90 Å². The van der Waals surface area contributed by atoms with Crippen LogP contribution in [-0.2, 0) is 9.84 Å². The molecule has 0 spiro atoms. The Labute approximate surface area is 150 Å². The molecule has 0 aliphatic heterocycles. The van der Waals surface area contributed by atoms with Crippen molar-refractivity contribution in [1.82, 2.24) is 9.78 Å². The fraction of sp³-hybridized carbons (Fsp3) is 0.0588. The smallest absolute Gasteiger partial charge is 0.175 e. The van der Waals surface area contributed by atoms with Crippen LogP contribution in [0.3, 0.4) is 0 Å². The zero-order chi connectivity index (χ0) is 18.0. The molecule has 25 heavy (non-hydrogen) atoms. The van der Waals surface area contributed by atoms with Crippen LogP contribution < -0.4 is 5.32 Å². The fourth-order valence-electron chi connectivity index (χ4n) is 2.25. The molecule has 8 heteroatoms. The lowest BCUT2D eigenvalue weighted by Gasteiger charge is -2.11. The average molecular weight is 373 g/mol. The second-order valence-electron chi connectivity index (χ2n) is 5.33. The Morgan fingerprint density at radius 1 is 1.12 bits per heavy atom. The predicted octanol–water partition coefficient (Wildman–Crippen LogP) is 3.54. The fourth-order valence-corrected chi connectivity index (χ4v) is 3.01. The number of nitrogens with one attached hydrogen (secondary N) is 1. The molecule has 3 aromatic rings. The first-order valence-corrected chi connectivity index (χ1v) is 9.46. The molecule has 3 rings (SSSR count). The molecule has 0 fully saturated rings. The summed E-state index contributed by atoms with van der Waals surface area (Å²) in [6, 6.07) is 15.4. The van der Waals surface area contributed by atoms with Crippen molar-refractivity contribution in [3.63, 3.8) is 0 Å². The summed E-state index contributed by atoms with van der Waals surface area (Å²) < 4.78 is 24.7. The van der Waals surface area contributed by atoms with Crippen LogP contribution in [0, 0.1) is 11.3 Å². The molecule has 0 radical (unpaired) electrons. The highest BCUT2D eigenvalue weighted by atomic mass is 35.5. The Bertz CT molecular complexity index is 1050. The minimum atomic E-state index is -3.26. The first kappa shape index (κ1) is 17.0. The van der Waals surface area contributed by atoms with Crippen molar-refractivity contribution in [3.8, 4) is 11.8 Å². The van der Waals surface area contributed by atoms with E-state index in [9.17, 15) is 13.7 Å². The number of aromatic nitrogens is 2. The number of benzene rings is 2. The third-order valence-corrected chi connectivity index (χ3v) is 4.89. The Morgan fingerprint density at radius 2 is 1.76 bits per heavy atom. The van der Waals surface area contributed by atoms with E-state index in [4.69, 9.17) is 11.6 Å². The van der Waals surface area contributed by atoms with Crippen molar-refractivity contribution in [2.75, 3.05) is 11.6 Å². The molecular weight excluding hydrogens is 360 g/mol. The number of nitriles is 1. The summed E-state index contributed by atoms with van der Waals surface area (Å²) in [4.78, 5) is 0.227. The summed E-state index contributed by atoms with van der Waals surface area (Å²) in [5, 5.41) is 17.3. The summed E-state index contributed by atoms with van der Waals surface area (Å²) in [6.07, 6.45) is 2.61. The van der Waals surface area contributed by atoms with Crippen molar-refractivity contribution < 1.29 is 8.42 Å². The Hall–Kier alpha value is -2.82. The standard InChI is InChI=1S/C17H13ClN4O2S/c1-25(23,24)16-8-4-14(5-9-16)21-17-12(10-19)11-20-22(17)15-6-2-13(18)3-7-15/h2-9,11,21H,1H3. The van der Waals surface area contributed by atoms with Gasteiger partial charge in [-0.05, 0) is 48.5 Å². The first-order chi connectivity index (χ1) is 11.9. The topological polar surface area (TPSA) is 87.8 Å². The van der Waals surface area contributed by atoms with Crippen molar-refractivity contribution in [2.24, 2.45) is 0 Å². The molecule has 0 atom stereocenters. The van der Waals surface area contributed by atoms with Gasteiger partial charge in [-0.3, -0.25) is 0 Å². The first-order valence-electron chi connectivity index (χ1n) is 7.20. The lowest BCUT2D eigenvalue weighted by molar-refractivity contribution is 0.602. The van der Waals surface area contributed by atoms with Crippen molar-refractivity contribution in [1.29, 1.82) is 5.26 Å². The van der Waals surface area contributed by atoms with Crippen LogP contribution in [0.1, 0.15) is 5.56 Å². The lowest BCUT2D eigenvalue weighted by atomic mass is 10.3. The number of halogens is 1. The highest BCUT2D eigenvalue weighted by Gasteiger charge is 2.13. The van der Waals surface area contributed by atoms with E-state index in [1.54, 1.807) is 41.1 Å². The number of hydrogen-bond acceptors (Lipinski definition) is 5. The molecule has 0 saturated heterocycles. The van der Waals surface area contributed by atoms with E-state index < -0.39 is 9.84 Å². The van der Waals surface area contributed by atoms with Gasteiger partial charge in [0.1, 0.15) is 11.6 Å². The van der Waals surface area contributed by atoms with Crippen LogP contribution >= 0.6 is 11.6 Å². The maximum atomic E-state index is 11.5. The second-order valence-corrected chi connectivity index (χ2v) is 7.78. The number of nitrogens with zero attached hydrogens (tertiary/aromatic N) is 3. The quantitative estimate of drug-likeness (QED) is 0.756. The van der Waals surface area contributed by atoms with Crippen LogP contribution in [0.2, 0.25) is 5.02 Å². The normalized spacial score (nSPS) is 11.1. The molecule has 0 bridgehead atoms. The molecule has 126 valence electrons. The molecule has 2 aromatic carbocycles. The van der Waals surface area contributed by atoms with Crippen LogP contribution in [0.15, 0.2) is 59.6 Å². The third-order valence-electron chi connectivity index (χ3n) is 3.51. The summed E-state index contributed by atoms with van der Waals surface area (Å²) in [5.74, 6) is 0.483. The molecule has 0 aliphatic carbocycles. The van der Waals surface area contributed by atoms with Gasteiger partial charge in [-0.15, -0.1) is 0 Å². The molecule has 0 unspecified atom stereocenters. The highest BCUT2D eigenvalue weighted by molar-refractivity contribution is 7.90. The van der Waals surface area contributed by atoms with E-state index in [0.29, 0.717) is 22.1 Å². The van der Waals surface area contributed by atoms with Gasteiger partial charge in [-0.25, -0.2) is 13.1 Å². The molecule has 0 amide bonds. The molecule has 6 nitrogen and oxygen atoms in total. The van der Waals surface area contributed by atoms with E-state index in [0.717, 1.165) is 11.9 Å². The maximum Gasteiger partial charge on any atom is 0.175 e. The third kappa shape index (κ3) is 3.65. The van der Waals surface area contributed by atoms with E-state index >= 15 is 0 Å². The van der Waals surface area contributed by atoms with Gasteiger partial charge in [-0.1, -0.05) is 11.6 Å². The average Bonchev–Trinajstić information content (AvgIpc) is 2.98. The number of rotatable bonds is 4. The van der Waals surface area contributed by atoms with Gasteiger partial charge in [0, 0.05) is 17.0 Å². The Kier molecular flexibility index (Phi) is 4.49. The van der Waals surface area contributed by atoms with Gasteiger partial charge in [-0.2, -0.15) is 10.4 Å². The maximum absolute atomic E-state index is 11.5. The highest BCUT2D eigenvalue weighted by Crippen LogP contribution is 2.25. The summed E-state index contributed by atoms with van der Waals surface area (Å²) >= 11 is 5.91. The SMILES string of the molecule is CS(=O)(=O)c1ccc(Nc2c(C#N)cnn2-c2ccc(Cl)cc2)cc1.